The summed E-state index contributed by atoms with van der Waals surface area (Å²) in [5.41, 5.74) is 1.32. The molecule has 1 saturated heterocycles. The van der Waals surface area contributed by atoms with E-state index in [-0.39, 0.29) is 0 Å². The number of nitrogens with one attached hydrogen (secondary N) is 1. The lowest BCUT2D eigenvalue weighted by Gasteiger charge is -2.29. The predicted octanol–water partition coefficient (Wildman–Crippen LogP) is 2.15. The van der Waals surface area contributed by atoms with Crippen molar-refractivity contribution in [1.29, 1.82) is 0 Å². The predicted molar refractivity (Wildman–Crippen MR) is 70.5 cm³/mol. The van der Waals surface area contributed by atoms with Crippen LogP contribution in [0.5, 0.6) is 0 Å². The van der Waals surface area contributed by atoms with E-state index >= 15 is 0 Å². The summed E-state index contributed by atoms with van der Waals surface area (Å²) in [5, 5.41) is 3.38. The Morgan fingerprint density at radius 1 is 1.12 bits per heavy atom. The molecule has 1 aliphatic heterocycles. The third-order valence-electron chi connectivity index (χ3n) is 3.97. The number of hydrogen-bond donors (Lipinski definition) is 1. The SMILES string of the molecule is c1cc(C2CCCC2)nc(N2CCNCC2)c1. The average Bonchev–Trinajstić information content (AvgIpc) is 2.94. The Bertz CT molecular complexity index is 365. The topological polar surface area (TPSA) is 28.2 Å². The van der Waals surface area contributed by atoms with Crippen molar-refractivity contribution < 1.29 is 0 Å². The van der Waals surface area contributed by atoms with Crippen LogP contribution in [0.4, 0.5) is 5.82 Å². The van der Waals surface area contributed by atoms with Gasteiger partial charge in [0.25, 0.3) is 0 Å². The number of aromatic nitrogens is 1. The molecule has 17 heavy (non-hydrogen) atoms. The molecule has 3 heteroatoms. The van der Waals surface area contributed by atoms with Gasteiger partial charge in [-0.1, -0.05) is 18.9 Å². The zero-order valence-electron chi connectivity index (χ0n) is 10.4. The van der Waals surface area contributed by atoms with Crippen LogP contribution in [0.3, 0.4) is 0 Å². The minimum Gasteiger partial charge on any atom is -0.354 e. The second-order valence-corrected chi connectivity index (χ2v) is 5.14. The quantitative estimate of drug-likeness (QED) is 0.845. The first kappa shape index (κ1) is 11.0. The molecule has 0 unspecified atom stereocenters. The van der Waals surface area contributed by atoms with Gasteiger partial charge in [-0.3, -0.25) is 0 Å². The van der Waals surface area contributed by atoms with Crippen LogP contribution in [0.25, 0.3) is 0 Å². The van der Waals surface area contributed by atoms with Crippen molar-refractivity contribution in [1.82, 2.24) is 10.3 Å². The van der Waals surface area contributed by atoms with E-state index < -0.39 is 0 Å². The van der Waals surface area contributed by atoms with Crippen LogP contribution in [0.1, 0.15) is 37.3 Å². The van der Waals surface area contributed by atoms with E-state index in [2.05, 4.69) is 28.4 Å². The van der Waals surface area contributed by atoms with Gasteiger partial charge in [0.05, 0.1) is 0 Å². The number of pyridine rings is 1. The molecule has 1 N–H and O–H groups in total. The van der Waals surface area contributed by atoms with E-state index in [0.29, 0.717) is 0 Å². The van der Waals surface area contributed by atoms with Gasteiger partial charge in [-0.25, -0.2) is 4.98 Å². The lowest BCUT2D eigenvalue weighted by Crippen LogP contribution is -2.43. The molecule has 0 aromatic carbocycles. The maximum Gasteiger partial charge on any atom is 0.128 e. The van der Waals surface area contributed by atoms with Crippen molar-refractivity contribution in [3.05, 3.63) is 23.9 Å². The molecule has 0 radical (unpaired) electrons. The molecule has 1 saturated carbocycles. The van der Waals surface area contributed by atoms with Crippen LogP contribution < -0.4 is 10.2 Å². The molecular formula is C14H21N3. The van der Waals surface area contributed by atoms with E-state index in [1.807, 2.05) is 0 Å². The van der Waals surface area contributed by atoms with Gasteiger partial charge < -0.3 is 10.2 Å². The molecule has 92 valence electrons. The highest BCUT2D eigenvalue weighted by molar-refractivity contribution is 5.40. The smallest absolute Gasteiger partial charge is 0.128 e. The van der Waals surface area contributed by atoms with Crippen molar-refractivity contribution >= 4 is 5.82 Å². The molecule has 2 heterocycles. The Morgan fingerprint density at radius 3 is 2.65 bits per heavy atom. The Hall–Kier alpha value is -1.09. The Kier molecular flexibility index (Phi) is 3.27. The lowest BCUT2D eigenvalue weighted by molar-refractivity contribution is 0.582. The second kappa shape index (κ2) is 5.05. The van der Waals surface area contributed by atoms with Gasteiger partial charge in [0.15, 0.2) is 0 Å². The van der Waals surface area contributed by atoms with Crippen LogP contribution in [-0.2, 0) is 0 Å². The molecule has 2 fully saturated rings. The first-order chi connectivity index (χ1) is 8.43. The van der Waals surface area contributed by atoms with E-state index in [1.165, 1.54) is 37.2 Å². The molecule has 3 rings (SSSR count). The Labute approximate surface area is 103 Å². The first-order valence-electron chi connectivity index (χ1n) is 6.86. The highest BCUT2D eigenvalue weighted by Gasteiger charge is 2.19. The van der Waals surface area contributed by atoms with Gasteiger partial charge >= 0.3 is 0 Å². The fraction of sp³-hybridized carbons (Fsp3) is 0.643. The van der Waals surface area contributed by atoms with Gasteiger partial charge in [-0.15, -0.1) is 0 Å². The third-order valence-corrected chi connectivity index (χ3v) is 3.97. The number of rotatable bonds is 2. The van der Waals surface area contributed by atoms with Crippen molar-refractivity contribution in [2.24, 2.45) is 0 Å². The molecule has 1 aliphatic carbocycles. The molecule has 0 spiro atoms. The maximum absolute atomic E-state index is 4.88. The van der Waals surface area contributed by atoms with Crippen molar-refractivity contribution in [2.75, 3.05) is 31.1 Å². The zero-order valence-corrected chi connectivity index (χ0v) is 10.4. The molecular weight excluding hydrogens is 210 g/mol. The standard InChI is InChI=1S/C14H21N3/c1-2-5-12(4-1)13-6-3-7-14(16-13)17-10-8-15-9-11-17/h3,6-7,12,15H,1-2,4-5,8-11H2. The van der Waals surface area contributed by atoms with Crippen LogP contribution in [0.15, 0.2) is 18.2 Å². The van der Waals surface area contributed by atoms with Gasteiger partial charge in [-0.2, -0.15) is 0 Å². The van der Waals surface area contributed by atoms with E-state index in [4.69, 9.17) is 4.98 Å². The molecule has 2 aliphatic rings. The van der Waals surface area contributed by atoms with E-state index in [1.54, 1.807) is 0 Å². The van der Waals surface area contributed by atoms with Crippen molar-refractivity contribution in [3.63, 3.8) is 0 Å². The summed E-state index contributed by atoms with van der Waals surface area (Å²) in [6.45, 7) is 4.33. The van der Waals surface area contributed by atoms with Crippen LogP contribution in [0, 0.1) is 0 Å². The summed E-state index contributed by atoms with van der Waals surface area (Å²) in [6.07, 6.45) is 5.42. The molecule has 0 atom stereocenters. The lowest BCUT2D eigenvalue weighted by atomic mass is 10.0. The summed E-state index contributed by atoms with van der Waals surface area (Å²) < 4.78 is 0. The van der Waals surface area contributed by atoms with Gasteiger partial charge in [-0.05, 0) is 25.0 Å². The maximum atomic E-state index is 4.88. The fourth-order valence-electron chi connectivity index (χ4n) is 2.96. The Balaban J connectivity index is 1.77. The summed E-state index contributed by atoms with van der Waals surface area (Å²) in [6, 6.07) is 6.55. The molecule has 3 nitrogen and oxygen atoms in total. The summed E-state index contributed by atoms with van der Waals surface area (Å²) in [4.78, 5) is 7.27. The highest BCUT2D eigenvalue weighted by Crippen LogP contribution is 2.33. The summed E-state index contributed by atoms with van der Waals surface area (Å²) in [7, 11) is 0. The molecule has 0 amide bonds. The normalized spacial score (nSPS) is 22.0. The van der Waals surface area contributed by atoms with Gasteiger partial charge in [0.1, 0.15) is 5.82 Å². The van der Waals surface area contributed by atoms with Crippen molar-refractivity contribution in [2.45, 2.75) is 31.6 Å². The monoisotopic (exact) mass is 231 g/mol. The zero-order chi connectivity index (χ0) is 11.5. The number of piperazine rings is 1. The van der Waals surface area contributed by atoms with Crippen LogP contribution in [0.2, 0.25) is 0 Å². The highest BCUT2D eigenvalue weighted by atomic mass is 15.2. The average molecular weight is 231 g/mol. The number of anilines is 1. The fourth-order valence-corrected chi connectivity index (χ4v) is 2.96. The minimum absolute atomic E-state index is 0.720. The van der Waals surface area contributed by atoms with E-state index in [9.17, 15) is 0 Å². The van der Waals surface area contributed by atoms with Gasteiger partial charge in [0, 0.05) is 37.8 Å². The second-order valence-electron chi connectivity index (χ2n) is 5.14. The largest absolute Gasteiger partial charge is 0.354 e. The van der Waals surface area contributed by atoms with Gasteiger partial charge in [0.2, 0.25) is 0 Å². The Morgan fingerprint density at radius 2 is 1.88 bits per heavy atom. The molecule has 1 aromatic heterocycles. The molecule has 0 bridgehead atoms. The van der Waals surface area contributed by atoms with Crippen LogP contribution >= 0.6 is 0 Å². The number of nitrogens with zero attached hydrogens (tertiary/aromatic N) is 2. The summed E-state index contributed by atoms with van der Waals surface area (Å²) >= 11 is 0. The number of hydrogen-bond acceptors (Lipinski definition) is 3. The molecule has 1 aromatic rings. The van der Waals surface area contributed by atoms with Crippen LogP contribution in [-0.4, -0.2) is 31.2 Å². The van der Waals surface area contributed by atoms with Crippen molar-refractivity contribution in [3.8, 4) is 0 Å². The minimum atomic E-state index is 0.720. The van der Waals surface area contributed by atoms with E-state index in [0.717, 1.165) is 32.1 Å². The third kappa shape index (κ3) is 2.44. The summed E-state index contributed by atoms with van der Waals surface area (Å²) in [5.74, 6) is 1.90. The first-order valence-corrected chi connectivity index (χ1v) is 6.86.